The van der Waals surface area contributed by atoms with Crippen LogP contribution in [0.1, 0.15) is 45.0 Å². The fourth-order valence-corrected chi connectivity index (χ4v) is 4.37. The maximum atomic E-state index is 12.1. The van der Waals surface area contributed by atoms with Crippen molar-refractivity contribution in [3.05, 3.63) is 66.2 Å². The minimum atomic E-state index is -0.862. The van der Waals surface area contributed by atoms with Crippen molar-refractivity contribution in [2.75, 3.05) is 38.4 Å². The SMILES string of the molecule is CCOC(=O)c1ccc(Nc2nc(-c3ccc(OCC(O)COC(C)C)cc3O)nc(-c3ccc(OCC(O)COC(C)C)cc3O)n2)cc1. The van der Waals surface area contributed by atoms with Gasteiger partial charge in [0.1, 0.15) is 48.4 Å². The highest BCUT2D eigenvalue weighted by molar-refractivity contribution is 5.89. The van der Waals surface area contributed by atoms with Crippen molar-refractivity contribution in [2.45, 2.75) is 59.0 Å². The Morgan fingerprint density at radius 3 is 1.60 bits per heavy atom. The molecule has 0 aliphatic rings. The van der Waals surface area contributed by atoms with E-state index in [1.807, 2.05) is 27.7 Å². The van der Waals surface area contributed by atoms with Gasteiger partial charge < -0.3 is 49.4 Å². The third kappa shape index (κ3) is 11.3. The van der Waals surface area contributed by atoms with Crippen LogP contribution in [0, 0.1) is 0 Å². The molecule has 0 amide bonds. The van der Waals surface area contributed by atoms with E-state index in [1.54, 1.807) is 55.5 Å². The molecule has 0 aliphatic heterocycles. The minimum Gasteiger partial charge on any atom is -0.507 e. The molecule has 3 aromatic carbocycles. The molecule has 5 N–H and O–H groups in total. The fraction of sp³-hybridized carbons (Fsp3) is 0.389. The maximum absolute atomic E-state index is 12.1. The molecular weight excluding hydrogens is 648 g/mol. The number of anilines is 2. The van der Waals surface area contributed by atoms with Gasteiger partial charge >= 0.3 is 5.97 Å². The molecule has 14 heteroatoms. The molecule has 1 aromatic heterocycles. The second-order valence-electron chi connectivity index (χ2n) is 11.8. The normalized spacial score (nSPS) is 12.5. The standard InChI is InChI=1S/C36H44N4O10/c1-6-46-35(45)23-7-9-24(10-8-23)37-36-39-33(29-13-11-27(15-31(29)43)49-19-25(41)17-47-21(2)3)38-34(40-36)30-14-12-28(16-32(30)44)50-20-26(42)18-48-22(4)5/h7-16,21-22,25-26,41-44H,6,17-20H2,1-5H3,(H,37,38,39,40). The van der Waals surface area contributed by atoms with Crippen LogP contribution in [0.5, 0.6) is 23.0 Å². The molecule has 4 aromatic rings. The summed E-state index contributed by atoms with van der Waals surface area (Å²) in [5.41, 5.74) is 1.39. The third-order valence-electron chi connectivity index (χ3n) is 6.84. The average Bonchev–Trinajstić information content (AvgIpc) is 3.08. The van der Waals surface area contributed by atoms with Crippen molar-refractivity contribution in [3.63, 3.8) is 0 Å². The molecule has 0 aliphatic carbocycles. The lowest BCUT2D eigenvalue weighted by molar-refractivity contribution is -0.0123. The van der Waals surface area contributed by atoms with Crippen LogP contribution in [-0.4, -0.2) is 98.8 Å². The highest BCUT2D eigenvalue weighted by Crippen LogP contribution is 2.35. The van der Waals surface area contributed by atoms with E-state index >= 15 is 0 Å². The molecule has 2 atom stereocenters. The van der Waals surface area contributed by atoms with Gasteiger partial charge in [0.2, 0.25) is 5.95 Å². The summed E-state index contributed by atoms with van der Waals surface area (Å²) in [5.74, 6) is -0.0282. The predicted octanol–water partition coefficient (Wildman–Crippen LogP) is 4.87. The van der Waals surface area contributed by atoms with E-state index in [0.29, 0.717) is 22.7 Å². The lowest BCUT2D eigenvalue weighted by atomic mass is 10.1. The number of aliphatic hydroxyl groups is 2. The molecule has 14 nitrogen and oxygen atoms in total. The molecule has 268 valence electrons. The van der Waals surface area contributed by atoms with Crippen LogP contribution >= 0.6 is 0 Å². The molecule has 0 saturated heterocycles. The van der Waals surface area contributed by atoms with Crippen molar-refractivity contribution < 1.29 is 48.9 Å². The Morgan fingerprint density at radius 1 is 0.700 bits per heavy atom. The van der Waals surface area contributed by atoms with Crippen molar-refractivity contribution in [1.82, 2.24) is 15.0 Å². The maximum Gasteiger partial charge on any atom is 0.338 e. The Balaban J connectivity index is 1.62. The van der Waals surface area contributed by atoms with Gasteiger partial charge in [-0.15, -0.1) is 0 Å². The quantitative estimate of drug-likeness (QED) is 0.0887. The van der Waals surface area contributed by atoms with E-state index in [4.69, 9.17) is 23.7 Å². The van der Waals surface area contributed by atoms with E-state index in [0.717, 1.165) is 0 Å². The van der Waals surface area contributed by atoms with Crippen molar-refractivity contribution in [1.29, 1.82) is 0 Å². The molecule has 0 radical (unpaired) electrons. The van der Waals surface area contributed by atoms with Crippen LogP contribution in [0.3, 0.4) is 0 Å². The molecule has 0 fully saturated rings. The summed E-state index contributed by atoms with van der Waals surface area (Å²) in [5, 5.41) is 45.3. The number of nitrogens with one attached hydrogen (secondary N) is 1. The Bertz CT molecular complexity index is 1610. The summed E-state index contributed by atoms with van der Waals surface area (Å²) >= 11 is 0. The molecule has 0 bridgehead atoms. The molecule has 50 heavy (non-hydrogen) atoms. The van der Waals surface area contributed by atoms with Gasteiger partial charge in [-0.3, -0.25) is 0 Å². The summed E-state index contributed by atoms with van der Waals surface area (Å²) in [7, 11) is 0. The molecule has 4 rings (SSSR count). The highest BCUT2D eigenvalue weighted by Gasteiger charge is 2.18. The third-order valence-corrected chi connectivity index (χ3v) is 6.84. The monoisotopic (exact) mass is 692 g/mol. The summed E-state index contributed by atoms with van der Waals surface area (Å²) in [6.07, 6.45) is -1.80. The zero-order valence-corrected chi connectivity index (χ0v) is 28.7. The van der Waals surface area contributed by atoms with Gasteiger partial charge in [0, 0.05) is 17.8 Å². The van der Waals surface area contributed by atoms with Crippen LogP contribution in [-0.2, 0) is 14.2 Å². The first-order valence-electron chi connectivity index (χ1n) is 16.2. The van der Waals surface area contributed by atoms with E-state index in [2.05, 4.69) is 20.3 Å². The van der Waals surface area contributed by atoms with Gasteiger partial charge in [-0.05, 0) is 83.1 Å². The zero-order chi connectivity index (χ0) is 36.2. The number of nitrogens with zero attached hydrogens (tertiary/aromatic N) is 3. The van der Waals surface area contributed by atoms with E-state index < -0.39 is 18.2 Å². The number of carbonyl (C=O) groups is 1. The zero-order valence-electron chi connectivity index (χ0n) is 28.7. The number of ether oxygens (including phenoxy) is 5. The smallest absolute Gasteiger partial charge is 0.338 e. The van der Waals surface area contributed by atoms with Gasteiger partial charge in [0.05, 0.1) is 48.7 Å². The number of aromatic nitrogens is 3. The number of aliphatic hydroxyl groups excluding tert-OH is 2. The number of esters is 1. The average molecular weight is 693 g/mol. The molecule has 0 spiro atoms. The topological polar surface area (TPSA) is 195 Å². The van der Waals surface area contributed by atoms with Crippen LogP contribution in [0.25, 0.3) is 22.8 Å². The largest absolute Gasteiger partial charge is 0.507 e. The number of hydrogen-bond donors (Lipinski definition) is 5. The van der Waals surface area contributed by atoms with Gasteiger partial charge in [-0.25, -0.2) is 9.78 Å². The number of benzene rings is 3. The van der Waals surface area contributed by atoms with Gasteiger partial charge in [0.25, 0.3) is 0 Å². The number of hydrogen-bond acceptors (Lipinski definition) is 14. The highest BCUT2D eigenvalue weighted by atomic mass is 16.5. The van der Waals surface area contributed by atoms with Crippen LogP contribution < -0.4 is 14.8 Å². The summed E-state index contributed by atoms with van der Waals surface area (Å²) < 4.78 is 27.1. The molecular formula is C36H44N4O10. The van der Waals surface area contributed by atoms with Crippen LogP contribution in [0.2, 0.25) is 0 Å². The Hall–Kier alpha value is -5.02. The predicted molar refractivity (Wildman–Crippen MR) is 185 cm³/mol. The van der Waals surface area contributed by atoms with E-state index in [1.165, 1.54) is 12.1 Å². The van der Waals surface area contributed by atoms with Gasteiger partial charge in [-0.2, -0.15) is 9.97 Å². The van der Waals surface area contributed by atoms with Gasteiger partial charge in [-0.1, -0.05) is 0 Å². The van der Waals surface area contributed by atoms with Crippen molar-refractivity contribution >= 4 is 17.6 Å². The first-order valence-corrected chi connectivity index (χ1v) is 16.2. The van der Waals surface area contributed by atoms with Crippen LogP contribution in [0.15, 0.2) is 60.7 Å². The lowest BCUT2D eigenvalue weighted by Gasteiger charge is -2.16. The minimum absolute atomic E-state index is 0.0382. The Kier molecular flexibility index (Phi) is 13.7. The number of aromatic hydroxyl groups is 2. The second-order valence-corrected chi connectivity index (χ2v) is 11.8. The molecule has 0 saturated carbocycles. The fourth-order valence-electron chi connectivity index (χ4n) is 4.37. The number of phenolic OH excluding ortho intramolecular Hbond substituents is 2. The van der Waals surface area contributed by atoms with Crippen LogP contribution in [0.4, 0.5) is 11.6 Å². The Labute approximate surface area is 290 Å². The Morgan fingerprint density at radius 2 is 1.18 bits per heavy atom. The number of phenols is 2. The van der Waals surface area contributed by atoms with Crippen molar-refractivity contribution in [2.24, 2.45) is 0 Å². The second kappa shape index (κ2) is 18.1. The lowest BCUT2D eigenvalue weighted by Crippen LogP contribution is -2.25. The summed E-state index contributed by atoms with van der Waals surface area (Å²) in [4.78, 5) is 25.7. The first-order chi connectivity index (χ1) is 23.9. The van der Waals surface area contributed by atoms with Gasteiger partial charge in [0.15, 0.2) is 11.6 Å². The summed E-state index contributed by atoms with van der Waals surface area (Å²) in [6, 6.07) is 15.6. The molecule has 2 unspecified atom stereocenters. The number of rotatable bonds is 18. The van der Waals surface area contributed by atoms with Crippen molar-refractivity contribution in [3.8, 4) is 45.8 Å². The van der Waals surface area contributed by atoms with E-state index in [-0.39, 0.29) is 85.5 Å². The van der Waals surface area contributed by atoms with E-state index in [9.17, 15) is 25.2 Å². The summed E-state index contributed by atoms with van der Waals surface area (Å²) in [6.45, 7) is 9.55. The number of carbonyl (C=O) groups excluding carboxylic acids is 1. The first kappa shape index (κ1) is 37.8. The molecule has 1 heterocycles.